The summed E-state index contributed by atoms with van der Waals surface area (Å²) in [6.07, 6.45) is 1.70. The highest BCUT2D eigenvalue weighted by Gasteiger charge is 2.29. The Hall–Kier alpha value is -3.37. The lowest BCUT2D eigenvalue weighted by Gasteiger charge is -2.34. The number of aromatic nitrogens is 3. The number of carbonyl (C=O) groups is 1. The Balaban J connectivity index is 1.40. The molecule has 166 valence electrons. The molecular formula is C22H23N5O4S. The van der Waals surface area contributed by atoms with Crippen LogP contribution in [0, 0.1) is 0 Å². The van der Waals surface area contributed by atoms with Crippen LogP contribution >= 0.6 is 0 Å². The second-order valence-corrected chi connectivity index (χ2v) is 9.07. The van der Waals surface area contributed by atoms with E-state index < -0.39 is 16.0 Å². The fourth-order valence-corrected chi connectivity index (χ4v) is 4.85. The van der Waals surface area contributed by atoms with Crippen molar-refractivity contribution in [2.75, 3.05) is 37.7 Å². The highest BCUT2D eigenvalue weighted by molar-refractivity contribution is 7.89. The van der Waals surface area contributed by atoms with Gasteiger partial charge in [0.2, 0.25) is 10.0 Å². The molecule has 3 heterocycles. The van der Waals surface area contributed by atoms with Crippen molar-refractivity contribution in [3.8, 4) is 11.4 Å². The molecule has 32 heavy (non-hydrogen) atoms. The van der Waals surface area contributed by atoms with Crippen molar-refractivity contribution in [3.05, 3.63) is 66.4 Å². The summed E-state index contributed by atoms with van der Waals surface area (Å²) >= 11 is 0. The number of hydrogen-bond acceptors (Lipinski definition) is 8. The molecule has 0 N–H and O–H groups in total. The Kier molecular flexibility index (Phi) is 6.42. The number of piperazine rings is 1. The average Bonchev–Trinajstić information content (AvgIpc) is 2.85. The number of carbonyl (C=O) groups excluding carboxylic acids is 1. The van der Waals surface area contributed by atoms with Crippen LogP contribution in [0.4, 0.5) is 5.82 Å². The number of nitrogens with zero attached hydrogens (tertiary/aromatic N) is 5. The molecule has 1 aliphatic heterocycles. The molecule has 10 heteroatoms. The number of pyridine rings is 1. The third-order valence-electron chi connectivity index (χ3n) is 5.14. The number of hydrogen-bond donors (Lipinski definition) is 0. The summed E-state index contributed by atoms with van der Waals surface area (Å²) < 4.78 is 32.4. The highest BCUT2D eigenvalue weighted by atomic mass is 32.2. The van der Waals surface area contributed by atoms with Crippen LogP contribution in [0.15, 0.2) is 65.7 Å². The first-order valence-corrected chi connectivity index (χ1v) is 11.7. The Morgan fingerprint density at radius 3 is 2.28 bits per heavy atom. The third kappa shape index (κ3) is 4.61. The van der Waals surface area contributed by atoms with E-state index in [-0.39, 0.29) is 11.5 Å². The van der Waals surface area contributed by atoms with Crippen LogP contribution in [-0.2, 0) is 14.8 Å². The van der Waals surface area contributed by atoms with Crippen molar-refractivity contribution in [1.29, 1.82) is 0 Å². The maximum Gasteiger partial charge on any atom is 0.338 e. The van der Waals surface area contributed by atoms with Gasteiger partial charge in [-0.15, -0.1) is 10.2 Å². The van der Waals surface area contributed by atoms with Gasteiger partial charge in [0.05, 0.1) is 22.8 Å². The van der Waals surface area contributed by atoms with Gasteiger partial charge in [-0.1, -0.05) is 6.07 Å². The number of rotatable bonds is 6. The van der Waals surface area contributed by atoms with Crippen molar-refractivity contribution in [2.24, 2.45) is 0 Å². The third-order valence-corrected chi connectivity index (χ3v) is 7.06. The van der Waals surface area contributed by atoms with Gasteiger partial charge in [-0.2, -0.15) is 4.31 Å². The number of sulfonamides is 1. The summed E-state index contributed by atoms with van der Waals surface area (Å²) in [5.41, 5.74) is 1.75. The van der Waals surface area contributed by atoms with E-state index in [2.05, 4.69) is 15.2 Å². The summed E-state index contributed by atoms with van der Waals surface area (Å²) in [5.74, 6) is 0.223. The van der Waals surface area contributed by atoms with E-state index in [1.54, 1.807) is 13.1 Å². The van der Waals surface area contributed by atoms with Gasteiger partial charge in [-0.05, 0) is 55.5 Å². The lowest BCUT2D eigenvalue weighted by atomic mass is 10.2. The Morgan fingerprint density at radius 1 is 0.938 bits per heavy atom. The van der Waals surface area contributed by atoms with Gasteiger partial charge in [0.15, 0.2) is 5.82 Å². The number of anilines is 1. The largest absolute Gasteiger partial charge is 0.462 e. The van der Waals surface area contributed by atoms with E-state index in [0.29, 0.717) is 43.3 Å². The molecule has 1 aliphatic rings. The molecule has 0 saturated carbocycles. The maximum atomic E-state index is 13.0. The zero-order chi connectivity index (χ0) is 22.6. The molecule has 1 saturated heterocycles. The Labute approximate surface area is 186 Å². The van der Waals surface area contributed by atoms with Crippen LogP contribution in [0.3, 0.4) is 0 Å². The summed E-state index contributed by atoms with van der Waals surface area (Å²) in [6, 6.07) is 15.2. The lowest BCUT2D eigenvalue weighted by molar-refractivity contribution is 0.0526. The summed E-state index contributed by atoms with van der Waals surface area (Å²) in [6.45, 7) is 3.63. The fraction of sp³-hybridized carbons (Fsp3) is 0.273. The number of ether oxygens (including phenoxy) is 1. The van der Waals surface area contributed by atoms with Crippen LogP contribution in [-0.4, -0.2) is 66.7 Å². The van der Waals surface area contributed by atoms with Crippen molar-refractivity contribution >= 4 is 21.8 Å². The SMILES string of the molecule is CCOC(=O)c1ccc(S(=O)(=O)N2CCN(c3ccc(-c4ccccn4)nn3)CC2)cc1. The van der Waals surface area contributed by atoms with E-state index in [1.165, 1.54) is 28.6 Å². The van der Waals surface area contributed by atoms with Gasteiger partial charge in [-0.25, -0.2) is 13.2 Å². The predicted molar refractivity (Wildman–Crippen MR) is 119 cm³/mol. The standard InChI is InChI=1S/C22H23N5O4S/c1-2-31-22(28)17-6-8-18(9-7-17)32(29,30)27-15-13-26(14-16-27)21-11-10-20(24-25-21)19-5-3-4-12-23-19/h3-12H,2,13-16H2,1H3. The zero-order valence-corrected chi connectivity index (χ0v) is 18.4. The van der Waals surface area contributed by atoms with E-state index >= 15 is 0 Å². The van der Waals surface area contributed by atoms with Crippen molar-refractivity contribution < 1.29 is 17.9 Å². The molecule has 0 radical (unpaired) electrons. The minimum atomic E-state index is -3.65. The van der Waals surface area contributed by atoms with Gasteiger partial charge in [0, 0.05) is 32.4 Å². The average molecular weight is 454 g/mol. The second kappa shape index (κ2) is 9.41. The minimum absolute atomic E-state index is 0.151. The smallest absolute Gasteiger partial charge is 0.338 e. The van der Waals surface area contributed by atoms with Crippen molar-refractivity contribution in [2.45, 2.75) is 11.8 Å². The summed E-state index contributed by atoms with van der Waals surface area (Å²) in [7, 11) is -3.65. The van der Waals surface area contributed by atoms with Crippen LogP contribution in [0.1, 0.15) is 17.3 Å². The topological polar surface area (TPSA) is 106 Å². The van der Waals surface area contributed by atoms with Gasteiger partial charge >= 0.3 is 5.97 Å². The first-order chi connectivity index (χ1) is 15.5. The quantitative estimate of drug-likeness (QED) is 0.523. The Morgan fingerprint density at radius 2 is 1.69 bits per heavy atom. The van der Waals surface area contributed by atoms with Gasteiger partial charge in [0.25, 0.3) is 0 Å². The highest BCUT2D eigenvalue weighted by Crippen LogP contribution is 2.21. The van der Waals surface area contributed by atoms with Gasteiger partial charge in [-0.3, -0.25) is 4.98 Å². The predicted octanol–water partition coefficient (Wildman–Crippen LogP) is 2.23. The molecule has 0 spiro atoms. The van der Waals surface area contributed by atoms with E-state index in [0.717, 1.165) is 5.69 Å². The molecule has 3 aromatic rings. The van der Waals surface area contributed by atoms with Crippen LogP contribution in [0.25, 0.3) is 11.4 Å². The molecule has 0 unspecified atom stereocenters. The summed E-state index contributed by atoms with van der Waals surface area (Å²) in [4.78, 5) is 18.2. The monoisotopic (exact) mass is 453 g/mol. The molecule has 2 aromatic heterocycles. The molecule has 1 fully saturated rings. The first-order valence-electron chi connectivity index (χ1n) is 10.3. The molecule has 1 aromatic carbocycles. The minimum Gasteiger partial charge on any atom is -0.462 e. The van der Waals surface area contributed by atoms with Crippen LogP contribution in [0.2, 0.25) is 0 Å². The molecule has 4 rings (SSSR count). The second-order valence-electron chi connectivity index (χ2n) is 7.13. The molecular weight excluding hydrogens is 430 g/mol. The van der Waals surface area contributed by atoms with Crippen LogP contribution < -0.4 is 4.90 Å². The molecule has 0 aliphatic carbocycles. The number of benzene rings is 1. The van der Waals surface area contributed by atoms with E-state index in [9.17, 15) is 13.2 Å². The van der Waals surface area contributed by atoms with E-state index in [1.807, 2.05) is 35.2 Å². The first kappa shape index (κ1) is 21.8. The maximum absolute atomic E-state index is 13.0. The fourth-order valence-electron chi connectivity index (χ4n) is 3.43. The summed E-state index contributed by atoms with van der Waals surface area (Å²) in [5, 5.41) is 8.54. The molecule has 0 atom stereocenters. The number of esters is 1. The van der Waals surface area contributed by atoms with Crippen molar-refractivity contribution in [1.82, 2.24) is 19.5 Å². The van der Waals surface area contributed by atoms with Crippen molar-refractivity contribution in [3.63, 3.8) is 0 Å². The van der Waals surface area contributed by atoms with Gasteiger partial charge < -0.3 is 9.64 Å². The Bertz CT molecular complexity index is 1160. The van der Waals surface area contributed by atoms with Crippen LogP contribution in [0.5, 0.6) is 0 Å². The van der Waals surface area contributed by atoms with Gasteiger partial charge in [0.1, 0.15) is 5.69 Å². The molecule has 9 nitrogen and oxygen atoms in total. The lowest BCUT2D eigenvalue weighted by Crippen LogP contribution is -2.49. The zero-order valence-electron chi connectivity index (χ0n) is 17.6. The molecule has 0 amide bonds. The normalized spacial score (nSPS) is 14.8. The van der Waals surface area contributed by atoms with E-state index in [4.69, 9.17) is 4.74 Å². The molecule has 0 bridgehead atoms.